The number of aromatic nitrogens is 2. The number of aryl methyl sites for hydroxylation is 1. The van der Waals surface area contributed by atoms with Gasteiger partial charge in [0.05, 0.1) is 22.2 Å². The molecule has 0 atom stereocenters. The molecule has 3 aromatic rings. The number of hydrogen-bond acceptors (Lipinski definition) is 5. The van der Waals surface area contributed by atoms with Gasteiger partial charge in [0.25, 0.3) is 5.69 Å². The number of nitrogens with zero attached hydrogens (tertiary/aromatic N) is 4. The van der Waals surface area contributed by atoms with Gasteiger partial charge < -0.3 is 4.57 Å². The van der Waals surface area contributed by atoms with Gasteiger partial charge in [0.1, 0.15) is 0 Å². The largest absolute Gasteiger partial charge is 0.312 e. The molecule has 0 aliphatic heterocycles. The number of imidazole rings is 1. The second-order valence-electron chi connectivity index (χ2n) is 4.70. The molecular formula is C15H13N5O2. The molecule has 0 aliphatic carbocycles. The predicted octanol–water partition coefficient (Wildman–Crippen LogP) is 2.93. The average molecular weight is 295 g/mol. The summed E-state index contributed by atoms with van der Waals surface area (Å²) in [7, 11) is 1.90. The first-order valence-corrected chi connectivity index (χ1v) is 6.60. The summed E-state index contributed by atoms with van der Waals surface area (Å²) in [6, 6.07) is 13.9. The lowest BCUT2D eigenvalue weighted by Gasteiger charge is -2.00. The van der Waals surface area contributed by atoms with Crippen molar-refractivity contribution in [2.24, 2.45) is 12.1 Å². The van der Waals surface area contributed by atoms with Crippen LogP contribution in [0.2, 0.25) is 0 Å². The number of anilines is 1. The molecule has 7 nitrogen and oxygen atoms in total. The van der Waals surface area contributed by atoms with Crippen LogP contribution < -0.4 is 5.43 Å². The van der Waals surface area contributed by atoms with Crippen LogP contribution in [0.5, 0.6) is 0 Å². The van der Waals surface area contributed by atoms with Gasteiger partial charge in [-0.25, -0.2) is 10.4 Å². The lowest BCUT2D eigenvalue weighted by atomic mass is 10.2. The van der Waals surface area contributed by atoms with Crippen molar-refractivity contribution >= 4 is 28.9 Å². The minimum atomic E-state index is -0.432. The van der Waals surface area contributed by atoms with Crippen molar-refractivity contribution in [3.05, 3.63) is 64.2 Å². The molecule has 0 unspecified atom stereocenters. The van der Waals surface area contributed by atoms with Gasteiger partial charge in [-0.2, -0.15) is 5.10 Å². The van der Waals surface area contributed by atoms with Crippen LogP contribution in [-0.4, -0.2) is 20.7 Å². The van der Waals surface area contributed by atoms with Crippen molar-refractivity contribution in [3.63, 3.8) is 0 Å². The summed E-state index contributed by atoms with van der Waals surface area (Å²) in [5.74, 6) is 0.624. The molecule has 110 valence electrons. The van der Waals surface area contributed by atoms with Crippen molar-refractivity contribution in [2.45, 2.75) is 0 Å². The number of nitro benzene ring substituents is 1. The summed E-state index contributed by atoms with van der Waals surface area (Å²) in [4.78, 5) is 14.6. The van der Waals surface area contributed by atoms with Crippen LogP contribution in [0, 0.1) is 10.1 Å². The van der Waals surface area contributed by atoms with E-state index in [9.17, 15) is 10.1 Å². The van der Waals surface area contributed by atoms with Crippen LogP contribution in [0.4, 0.5) is 11.6 Å². The highest BCUT2D eigenvalue weighted by molar-refractivity contribution is 5.81. The van der Waals surface area contributed by atoms with E-state index >= 15 is 0 Å². The standard InChI is InChI=1S/C15H13N5O2/c1-19-14-5-3-2-4-13(14)17-15(19)18-16-10-11-6-8-12(9-7-11)20(21)22/h2-10H,1H3,(H,17,18)/b16-10-. The minimum absolute atomic E-state index is 0.0560. The molecule has 0 saturated carbocycles. The third kappa shape index (κ3) is 2.64. The predicted molar refractivity (Wildman–Crippen MR) is 85.0 cm³/mol. The van der Waals surface area contributed by atoms with E-state index in [-0.39, 0.29) is 5.69 Å². The Morgan fingerprint density at radius 3 is 2.64 bits per heavy atom. The second-order valence-corrected chi connectivity index (χ2v) is 4.70. The van der Waals surface area contributed by atoms with E-state index in [0.29, 0.717) is 5.95 Å². The SMILES string of the molecule is Cn1c(N/N=C\c2ccc([N+](=O)[O-])cc2)nc2ccccc21. The molecule has 3 rings (SSSR count). The van der Waals surface area contributed by atoms with E-state index in [4.69, 9.17) is 0 Å². The first-order chi connectivity index (χ1) is 10.6. The number of fused-ring (bicyclic) bond motifs is 1. The Morgan fingerprint density at radius 2 is 1.95 bits per heavy atom. The Morgan fingerprint density at radius 1 is 1.23 bits per heavy atom. The number of hydrazone groups is 1. The summed E-state index contributed by atoms with van der Waals surface area (Å²) >= 11 is 0. The Balaban J connectivity index is 1.75. The van der Waals surface area contributed by atoms with Crippen LogP contribution in [0.15, 0.2) is 53.6 Å². The highest BCUT2D eigenvalue weighted by atomic mass is 16.6. The summed E-state index contributed by atoms with van der Waals surface area (Å²) in [5, 5.41) is 14.7. The number of nitro groups is 1. The Kier molecular flexibility index (Phi) is 3.53. The molecule has 2 aromatic carbocycles. The van der Waals surface area contributed by atoms with Gasteiger partial charge in [-0.3, -0.25) is 10.1 Å². The molecule has 0 spiro atoms. The second kappa shape index (κ2) is 5.65. The van der Waals surface area contributed by atoms with E-state index in [2.05, 4.69) is 15.5 Å². The van der Waals surface area contributed by atoms with Gasteiger partial charge >= 0.3 is 0 Å². The van der Waals surface area contributed by atoms with Crippen molar-refractivity contribution in [1.82, 2.24) is 9.55 Å². The normalized spacial score (nSPS) is 11.1. The zero-order chi connectivity index (χ0) is 15.5. The number of nitrogens with one attached hydrogen (secondary N) is 1. The minimum Gasteiger partial charge on any atom is -0.312 e. The monoisotopic (exact) mass is 295 g/mol. The van der Waals surface area contributed by atoms with Crippen molar-refractivity contribution in [2.75, 3.05) is 5.43 Å². The van der Waals surface area contributed by atoms with Gasteiger partial charge in [-0.15, -0.1) is 0 Å². The first-order valence-electron chi connectivity index (χ1n) is 6.60. The van der Waals surface area contributed by atoms with E-state index in [1.54, 1.807) is 18.3 Å². The topological polar surface area (TPSA) is 85.3 Å². The van der Waals surface area contributed by atoms with E-state index < -0.39 is 4.92 Å². The molecule has 1 aromatic heterocycles. The zero-order valence-electron chi connectivity index (χ0n) is 11.8. The molecule has 7 heteroatoms. The third-order valence-electron chi connectivity index (χ3n) is 3.27. The molecule has 0 radical (unpaired) electrons. The highest BCUT2D eigenvalue weighted by Gasteiger charge is 2.05. The highest BCUT2D eigenvalue weighted by Crippen LogP contribution is 2.17. The van der Waals surface area contributed by atoms with Crippen molar-refractivity contribution < 1.29 is 4.92 Å². The van der Waals surface area contributed by atoms with Gasteiger partial charge in [0, 0.05) is 19.2 Å². The first kappa shape index (κ1) is 13.7. The van der Waals surface area contributed by atoms with Crippen LogP contribution in [0.1, 0.15) is 5.56 Å². The van der Waals surface area contributed by atoms with Crippen LogP contribution in [0.25, 0.3) is 11.0 Å². The fraction of sp³-hybridized carbons (Fsp3) is 0.0667. The number of non-ortho nitro benzene ring substituents is 1. The molecule has 0 bridgehead atoms. The Labute approximate surface area is 126 Å². The maximum absolute atomic E-state index is 10.6. The number of para-hydroxylation sites is 2. The molecule has 0 amide bonds. The zero-order valence-corrected chi connectivity index (χ0v) is 11.8. The van der Waals surface area contributed by atoms with Crippen LogP contribution in [0.3, 0.4) is 0 Å². The lowest BCUT2D eigenvalue weighted by molar-refractivity contribution is -0.384. The number of hydrogen-bond donors (Lipinski definition) is 1. The van der Waals surface area contributed by atoms with Crippen LogP contribution >= 0.6 is 0 Å². The molecule has 1 N–H and O–H groups in total. The van der Waals surface area contributed by atoms with Crippen molar-refractivity contribution in [1.29, 1.82) is 0 Å². The van der Waals surface area contributed by atoms with Gasteiger partial charge in [0.2, 0.25) is 5.95 Å². The van der Waals surface area contributed by atoms with Gasteiger partial charge in [-0.05, 0) is 29.8 Å². The Hall–Kier alpha value is -3.22. The number of rotatable bonds is 4. The molecule has 22 heavy (non-hydrogen) atoms. The maximum Gasteiger partial charge on any atom is 0.269 e. The maximum atomic E-state index is 10.6. The van der Waals surface area contributed by atoms with Gasteiger partial charge in [0.15, 0.2) is 0 Å². The Bertz CT molecular complexity index is 852. The lowest BCUT2D eigenvalue weighted by Crippen LogP contribution is -1.98. The van der Waals surface area contributed by atoms with Crippen LogP contribution in [-0.2, 0) is 7.05 Å². The fourth-order valence-electron chi connectivity index (χ4n) is 2.09. The molecule has 1 heterocycles. The third-order valence-corrected chi connectivity index (χ3v) is 3.27. The average Bonchev–Trinajstić information content (AvgIpc) is 2.85. The molecule has 0 aliphatic rings. The van der Waals surface area contributed by atoms with Gasteiger partial charge in [-0.1, -0.05) is 12.1 Å². The fourth-order valence-corrected chi connectivity index (χ4v) is 2.09. The molecular weight excluding hydrogens is 282 g/mol. The summed E-state index contributed by atoms with van der Waals surface area (Å²) in [6.07, 6.45) is 1.59. The number of benzene rings is 2. The van der Waals surface area contributed by atoms with E-state index in [1.165, 1.54) is 12.1 Å². The summed E-state index contributed by atoms with van der Waals surface area (Å²) in [6.45, 7) is 0. The quantitative estimate of drug-likeness (QED) is 0.455. The van der Waals surface area contributed by atoms with Crippen molar-refractivity contribution in [3.8, 4) is 0 Å². The summed E-state index contributed by atoms with van der Waals surface area (Å²) < 4.78 is 1.91. The molecule has 0 saturated heterocycles. The smallest absolute Gasteiger partial charge is 0.269 e. The summed E-state index contributed by atoms with van der Waals surface area (Å²) in [5.41, 5.74) is 5.59. The van der Waals surface area contributed by atoms with E-state index in [0.717, 1.165) is 16.6 Å². The molecule has 0 fully saturated rings. The van der Waals surface area contributed by atoms with E-state index in [1.807, 2.05) is 35.9 Å².